The normalized spacial score (nSPS) is 23.4. The van der Waals surface area contributed by atoms with Crippen LogP contribution < -0.4 is 4.90 Å². The smallest absolute Gasteiger partial charge is 0.237 e. The lowest BCUT2D eigenvalue weighted by Crippen LogP contribution is -2.35. The summed E-state index contributed by atoms with van der Waals surface area (Å²) >= 11 is 0. The van der Waals surface area contributed by atoms with Crippen molar-refractivity contribution in [3.8, 4) is 0 Å². The molecule has 0 bridgehead atoms. The minimum atomic E-state index is -3.71. The first-order chi connectivity index (χ1) is 10.9. The summed E-state index contributed by atoms with van der Waals surface area (Å²) in [6, 6.07) is 7.66. The largest absolute Gasteiger partial charge is 0.379 e. The van der Waals surface area contributed by atoms with Crippen LogP contribution in [0.4, 0.5) is 5.69 Å². The van der Waals surface area contributed by atoms with E-state index < -0.39 is 14.3 Å². The third-order valence-corrected chi connectivity index (χ3v) is 6.11. The molecule has 1 aromatic rings. The number of hydrogen-bond acceptors (Lipinski definition) is 5. The molecule has 0 aliphatic carbocycles. The maximum Gasteiger partial charge on any atom is 0.237 e. The molecule has 3 rings (SSSR count). The predicted molar refractivity (Wildman–Crippen MR) is 88.1 cm³/mol. The average Bonchev–Trinajstić information content (AvgIpc) is 2.91. The Kier molecular flexibility index (Phi) is 4.91. The summed E-state index contributed by atoms with van der Waals surface area (Å²) in [7, 11) is 1.66. The highest BCUT2D eigenvalue weighted by Gasteiger charge is 2.37. The summed E-state index contributed by atoms with van der Waals surface area (Å²) in [6.45, 7) is 4.32. The van der Waals surface area contributed by atoms with Gasteiger partial charge in [-0.25, -0.2) is 8.42 Å². The minimum absolute atomic E-state index is 0.0542. The van der Waals surface area contributed by atoms with Crippen LogP contribution in [0.15, 0.2) is 24.3 Å². The van der Waals surface area contributed by atoms with E-state index in [9.17, 15) is 13.2 Å². The third-order valence-electron chi connectivity index (χ3n) is 4.25. The first-order valence-corrected chi connectivity index (χ1v) is 9.93. The molecule has 1 amide bonds. The number of carbonyl (C=O) groups is 1. The number of anilines is 1. The van der Waals surface area contributed by atoms with Crippen molar-refractivity contribution in [1.82, 2.24) is 4.90 Å². The van der Waals surface area contributed by atoms with E-state index in [1.807, 2.05) is 24.3 Å². The molecule has 2 fully saturated rings. The van der Waals surface area contributed by atoms with Gasteiger partial charge in [-0.05, 0) is 17.7 Å². The summed E-state index contributed by atoms with van der Waals surface area (Å²) in [5.74, 6) is -0.208. The van der Waals surface area contributed by atoms with Crippen molar-refractivity contribution in [3.63, 3.8) is 0 Å². The Morgan fingerprint density at radius 2 is 1.83 bits per heavy atom. The highest BCUT2D eigenvalue weighted by atomic mass is 35.7. The quantitative estimate of drug-likeness (QED) is 0.756. The molecule has 2 aliphatic heterocycles. The van der Waals surface area contributed by atoms with Crippen LogP contribution in [0.3, 0.4) is 0 Å². The van der Waals surface area contributed by atoms with E-state index in [4.69, 9.17) is 15.4 Å². The molecule has 0 radical (unpaired) electrons. The number of morpholine rings is 1. The highest BCUT2D eigenvalue weighted by Crippen LogP contribution is 2.27. The number of amides is 1. The monoisotopic (exact) mass is 358 g/mol. The zero-order chi connectivity index (χ0) is 16.4. The Morgan fingerprint density at radius 3 is 2.39 bits per heavy atom. The van der Waals surface area contributed by atoms with Crippen LogP contribution in [0.2, 0.25) is 0 Å². The molecule has 0 N–H and O–H groups in total. The maximum absolute atomic E-state index is 12.0. The molecule has 126 valence electrons. The molecule has 2 aliphatic rings. The molecule has 2 saturated heterocycles. The Hall–Kier alpha value is -1.15. The lowest BCUT2D eigenvalue weighted by molar-refractivity contribution is -0.117. The SMILES string of the molecule is O=C1CC(S(=O)(=O)Cl)CN1c1ccc(CN2CCOCC2)cc1. The summed E-state index contributed by atoms with van der Waals surface area (Å²) in [5, 5.41) is -0.829. The molecule has 6 nitrogen and oxygen atoms in total. The van der Waals surface area contributed by atoms with E-state index in [0.717, 1.165) is 38.4 Å². The van der Waals surface area contributed by atoms with Gasteiger partial charge in [-0.3, -0.25) is 9.69 Å². The molecular formula is C15H19ClN2O4S. The minimum Gasteiger partial charge on any atom is -0.379 e. The lowest BCUT2D eigenvalue weighted by atomic mass is 10.2. The number of carbonyl (C=O) groups excluding carboxylic acids is 1. The van der Waals surface area contributed by atoms with Crippen LogP contribution in [-0.4, -0.2) is 57.3 Å². The van der Waals surface area contributed by atoms with Gasteiger partial charge in [-0.2, -0.15) is 0 Å². The van der Waals surface area contributed by atoms with Crippen molar-refractivity contribution in [2.24, 2.45) is 0 Å². The van der Waals surface area contributed by atoms with Gasteiger partial charge < -0.3 is 9.64 Å². The summed E-state index contributed by atoms with van der Waals surface area (Å²) in [6.07, 6.45) is -0.0542. The van der Waals surface area contributed by atoms with Crippen molar-refractivity contribution in [2.75, 3.05) is 37.7 Å². The molecular weight excluding hydrogens is 340 g/mol. The van der Waals surface area contributed by atoms with Crippen molar-refractivity contribution in [3.05, 3.63) is 29.8 Å². The highest BCUT2D eigenvalue weighted by molar-refractivity contribution is 8.14. The van der Waals surface area contributed by atoms with Gasteiger partial charge in [0, 0.05) is 49.0 Å². The fourth-order valence-electron chi connectivity index (χ4n) is 2.91. The molecule has 8 heteroatoms. The standard InChI is InChI=1S/C15H19ClN2O4S/c16-23(20,21)14-9-15(19)18(11-14)13-3-1-12(2-4-13)10-17-5-7-22-8-6-17/h1-4,14H,5-11H2. The molecule has 0 saturated carbocycles. The van der Waals surface area contributed by atoms with E-state index in [1.165, 1.54) is 4.90 Å². The maximum atomic E-state index is 12.0. The topological polar surface area (TPSA) is 66.9 Å². The number of ether oxygens (including phenoxy) is 1. The summed E-state index contributed by atoms with van der Waals surface area (Å²) in [5.41, 5.74) is 1.87. The first kappa shape index (κ1) is 16.7. The fourth-order valence-corrected chi connectivity index (χ4v) is 3.94. The van der Waals surface area contributed by atoms with Gasteiger partial charge in [0.2, 0.25) is 15.0 Å². The average molecular weight is 359 g/mol. The van der Waals surface area contributed by atoms with Gasteiger partial charge in [0.05, 0.1) is 13.2 Å². The predicted octanol–water partition coefficient (Wildman–Crippen LogP) is 1.19. The second-order valence-corrected chi connectivity index (χ2v) is 8.77. The van der Waals surface area contributed by atoms with Crippen LogP contribution in [-0.2, 0) is 25.1 Å². The molecule has 0 aromatic heterocycles. The fraction of sp³-hybridized carbons (Fsp3) is 0.533. The number of halogens is 1. The van der Waals surface area contributed by atoms with Gasteiger partial charge in [0.1, 0.15) is 5.25 Å². The van der Waals surface area contributed by atoms with Crippen molar-refractivity contribution in [1.29, 1.82) is 0 Å². The zero-order valence-corrected chi connectivity index (χ0v) is 14.2. The van der Waals surface area contributed by atoms with Crippen LogP contribution in [0.25, 0.3) is 0 Å². The summed E-state index contributed by atoms with van der Waals surface area (Å²) < 4.78 is 28.1. The molecule has 1 atom stereocenters. The number of benzene rings is 1. The molecule has 2 heterocycles. The van der Waals surface area contributed by atoms with Gasteiger partial charge in [0.15, 0.2) is 0 Å². The third kappa shape index (κ3) is 4.03. The van der Waals surface area contributed by atoms with Gasteiger partial charge >= 0.3 is 0 Å². The van der Waals surface area contributed by atoms with Gasteiger partial charge in [0.25, 0.3) is 0 Å². The number of hydrogen-bond donors (Lipinski definition) is 0. The zero-order valence-electron chi connectivity index (χ0n) is 12.7. The molecule has 1 aromatic carbocycles. The Balaban J connectivity index is 1.66. The van der Waals surface area contributed by atoms with Crippen LogP contribution in [0.1, 0.15) is 12.0 Å². The van der Waals surface area contributed by atoms with E-state index in [2.05, 4.69) is 4.90 Å². The first-order valence-electron chi connectivity index (χ1n) is 7.56. The van der Waals surface area contributed by atoms with Crippen molar-refractivity contribution < 1.29 is 17.9 Å². The van der Waals surface area contributed by atoms with Crippen LogP contribution in [0, 0.1) is 0 Å². The second kappa shape index (κ2) is 6.76. The number of rotatable bonds is 4. The number of nitrogens with zero attached hydrogens (tertiary/aromatic N) is 2. The van der Waals surface area contributed by atoms with Crippen LogP contribution >= 0.6 is 10.7 Å². The van der Waals surface area contributed by atoms with Crippen LogP contribution in [0.5, 0.6) is 0 Å². The Morgan fingerprint density at radius 1 is 1.17 bits per heavy atom. The molecule has 0 spiro atoms. The summed E-state index contributed by atoms with van der Waals surface area (Å²) in [4.78, 5) is 15.8. The van der Waals surface area contributed by atoms with Gasteiger partial charge in [-0.1, -0.05) is 12.1 Å². The van der Waals surface area contributed by atoms with E-state index in [0.29, 0.717) is 5.69 Å². The molecule has 1 unspecified atom stereocenters. The second-order valence-electron chi connectivity index (χ2n) is 5.86. The Labute approximate surface area is 140 Å². The van der Waals surface area contributed by atoms with Crippen molar-refractivity contribution in [2.45, 2.75) is 18.2 Å². The van der Waals surface area contributed by atoms with E-state index in [1.54, 1.807) is 0 Å². The van der Waals surface area contributed by atoms with E-state index in [-0.39, 0.29) is 18.9 Å². The van der Waals surface area contributed by atoms with Gasteiger partial charge in [-0.15, -0.1) is 0 Å². The Bertz CT molecular complexity index is 671. The van der Waals surface area contributed by atoms with E-state index >= 15 is 0 Å². The molecule has 23 heavy (non-hydrogen) atoms. The van der Waals surface area contributed by atoms with Crippen molar-refractivity contribution >= 4 is 31.3 Å². The lowest BCUT2D eigenvalue weighted by Gasteiger charge is -2.26.